The normalized spacial score (nSPS) is 10.5. The van der Waals surface area contributed by atoms with E-state index in [-0.39, 0.29) is 0 Å². The third-order valence-electron chi connectivity index (χ3n) is 2.52. The van der Waals surface area contributed by atoms with E-state index in [4.69, 9.17) is 11.6 Å². The van der Waals surface area contributed by atoms with Crippen molar-refractivity contribution < 1.29 is 0 Å². The lowest BCUT2D eigenvalue weighted by Gasteiger charge is -2.04. The molecule has 0 aromatic carbocycles. The first-order chi connectivity index (χ1) is 8.28. The first-order valence-corrected chi connectivity index (χ1v) is 6.16. The van der Waals surface area contributed by atoms with Crippen molar-refractivity contribution in [1.82, 2.24) is 9.55 Å². The van der Waals surface area contributed by atoms with Crippen molar-refractivity contribution in [2.75, 3.05) is 5.32 Å². The van der Waals surface area contributed by atoms with Crippen LogP contribution >= 0.6 is 11.6 Å². The summed E-state index contributed by atoms with van der Waals surface area (Å²) < 4.78 is 2.21. The Balaban J connectivity index is 1.90. The minimum absolute atomic E-state index is 0.518. The summed E-state index contributed by atoms with van der Waals surface area (Å²) in [6, 6.07) is 5.84. The smallest absolute Gasteiger partial charge is 0.129 e. The van der Waals surface area contributed by atoms with Crippen molar-refractivity contribution in [2.45, 2.75) is 26.4 Å². The quantitative estimate of drug-likeness (QED) is 0.822. The van der Waals surface area contributed by atoms with Crippen molar-refractivity contribution >= 4 is 17.3 Å². The van der Waals surface area contributed by atoms with Crippen molar-refractivity contribution in [3.05, 3.63) is 47.5 Å². The molecular formula is C13H16ClN3. The fraction of sp³-hybridized carbons (Fsp3) is 0.308. The number of nitrogens with one attached hydrogen (secondary N) is 1. The lowest BCUT2D eigenvalue weighted by atomic mass is 10.3. The van der Waals surface area contributed by atoms with Gasteiger partial charge in [-0.15, -0.1) is 0 Å². The molecule has 0 amide bonds. The van der Waals surface area contributed by atoms with Crippen LogP contribution in [0.4, 0.5) is 5.69 Å². The number of pyridine rings is 1. The van der Waals surface area contributed by atoms with Crippen LogP contribution in [0.5, 0.6) is 0 Å². The number of hydrogen-bond acceptors (Lipinski definition) is 2. The number of anilines is 1. The number of rotatable bonds is 5. The van der Waals surface area contributed by atoms with Crippen molar-refractivity contribution in [3.8, 4) is 0 Å². The van der Waals surface area contributed by atoms with E-state index >= 15 is 0 Å². The second-order valence-electron chi connectivity index (χ2n) is 3.98. The average Bonchev–Trinajstić information content (AvgIpc) is 2.77. The number of aromatic nitrogens is 2. The SMILES string of the molecule is CCCn1ccc(CNc2ccc(Cl)nc2)c1. The zero-order valence-electron chi connectivity index (χ0n) is 9.86. The van der Waals surface area contributed by atoms with Gasteiger partial charge in [-0.1, -0.05) is 18.5 Å². The summed E-state index contributed by atoms with van der Waals surface area (Å²) in [4.78, 5) is 4.02. The van der Waals surface area contributed by atoms with Crippen molar-refractivity contribution in [1.29, 1.82) is 0 Å². The van der Waals surface area contributed by atoms with E-state index in [2.05, 4.69) is 40.3 Å². The maximum Gasteiger partial charge on any atom is 0.129 e. The molecule has 1 N–H and O–H groups in total. The van der Waals surface area contributed by atoms with Crippen LogP contribution in [0, 0.1) is 0 Å². The molecule has 0 saturated carbocycles. The van der Waals surface area contributed by atoms with Gasteiger partial charge in [0.25, 0.3) is 0 Å². The minimum atomic E-state index is 0.518. The van der Waals surface area contributed by atoms with Gasteiger partial charge in [0.2, 0.25) is 0 Å². The molecule has 0 aliphatic rings. The van der Waals surface area contributed by atoms with Gasteiger partial charge in [0, 0.05) is 25.5 Å². The van der Waals surface area contributed by atoms with Gasteiger partial charge >= 0.3 is 0 Å². The molecule has 0 fully saturated rings. The summed E-state index contributed by atoms with van der Waals surface area (Å²) in [5, 5.41) is 3.83. The van der Waals surface area contributed by atoms with Crippen LogP contribution in [0.25, 0.3) is 0 Å². The highest BCUT2D eigenvalue weighted by Gasteiger charge is 1.97. The summed E-state index contributed by atoms with van der Waals surface area (Å²) in [6.45, 7) is 4.06. The Morgan fingerprint density at radius 1 is 1.35 bits per heavy atom. The molecule has 0 bridgehead atoms. The molecule has 90 valence electrons. The first-order valence-electron chi connectivity index (χ1n) is 5.78. The van der Waals surface area contributed by atoms with E-state index in [0.29, 0.717) is 5.15 Å². The predicted molar refractivity (Wildman–Crippen MR) is 71.3 cm³/mol. The Morgan fingerprint density at radius 2 is 2.24 bits per heavy atom. The molecule has 0 atom stereocenters. The Morgan fingerprint density at radius 3 is 2.94 bits per heavy atom. The second-order valence-corrected chi connectivity index (χ2v) is 4.37. The molecule has 0 unspecified atom stereocenters. The Bertz CT molecular complexity index is 462. The number of hydrogen-bond donors (Lipinski definition) is 1. The third-order valence-corrected chi connectivity index (χ3v) is 2.74. The monoisotopic (exact) mass is 249 g/mol. The molecule has 17 heavy (non-hydrogen) atoms. The highest BCUT2D eigenvalue weighted by Crippen LogP contribution is 2.11. The first kappa shape index (κ1) is 12.0. The molecule has 0 aliphatic carbocycles. The van der Waals surface area contributed by atoms with Crippen LogP contribution in [0.3, 0.4) is 0 Å². The van der Waals surface area contributed by atoms with Crippen LogP contribution in [0.2, 0.25) is 5.15 Å². The summed E-state index contributed by atoms with van der Waals surface area (Å²) in [6.07, 6.45) is 7.18. The number of halogens is 1. The van der Waals surface area contributed by atoms with Gasteiger partial charge in [0.1, 0.15) is 5.15 Å². The summed E-state index contributed by atoms with van der Waals surface area (Å²) in [5.41, 5.74) is 2.26. The van der Waals surface area contributed by atoms with Gasteiger partial charge < -0.3 is 9.88 Å². The van der Waals surface area contributed by atoms with Crippen LogP contribution in [-0.4, -0.2) is 9.55 Å². The van der Waals surface area contributed by atoms with Crippen LogP contribution in [0.15, 0.2) is 36.8 Å². The molecule has 0 aliphatic heterocycles. The van der Waals surface area contributed by atoms with Crippen LogP contribution in [0.1, 0.15) is 18.9 Å². The van der Waals surface area contributed by atoms with E-state index in [0.717, 1.165) is 25.2 Å². The fourth-order valence-electron chi connectivity index (χ4n) is 1.68. The highest BCUT2D eigenvalue weighted by molar-refractivity contribution is 6.29. The van der Waals surface area contributed by atoms with E-state index in [1.165, 1.54) is 5.56 Å². The standard InChI is InChI=1S/C13H16ClN3/c1-2-6-17-7-5-11(10-17)8-15-12-3-4-13(14)16-9-12/h3-5,7,9-10,15H,2,6,8H2,1H3. The van der Waals surface area contributed by atoms with Crippen LogP contribution in [-0.2, 0) is 13.1 Å². The molecule has 2 heterocycles. The summed E-state index contributed by atoms with van der Waals surface area (Å²) in [5.74, 6) is 0. The molecule has 2 aromatic rings. The lowest BCUT2D eigenvalue weighted by molar-refractivity contribution is 0.681. The van der Waals surface area contributed by atoms with Crippen molar-refractivity contribution in [3.63, 3.8) is 0 Å². The zero-order chi connectivity index (χ0) is 12.1. The largest absolute Gasteiger partial charge is 0.380 e. The van der Waals surface area contributed by atoms with E-state index < -0.39 is 0 Å². The topological polar surface area (TPSA) is 29.9 Å². The Labute approximate surface area is 106 Å². The number of aryl methyl sites for hydroxylation is 1. The van der Waals surface area contributed by atoms with E-state index in [1.54, 1.807) is 12.3 Å². The molecule has 2 rings (SSSR count). The summed E-state index contributed by atoms with van der Waals surface area (Å²) in [7, 11) is 0. The molecule has 4 heteroatoms. The van der Waals surface area contributed by atoms with E-state index in [9.17, 15) is 0 Å². The lowest BCUT2D eigenvalue weighted by Crippen LogP contribution is -1.99. The zero-order valence-corrected chi connectivity index (χ0v) is 10.6. The molecule has 0 spiro atoms. The predicted octanol–water partition coefficient (Wildman–Crippen LogP) is 3.56. The van der Waals surface area contributed by atoms with Gasteiger partial charge in [0.15, 0.2) is 0 Å². The van der Waals surface area contributed by atoms with Crippen molar-refractivity contribution in [2.24, 2.45) is 0 Å². The van der Waals surface area contributed by atoms with E-state index in [1.807, 2.05) is 6.07 Å². The minimum Gasteiger partial charge on any atom is -0.380 e. The Hall–Kier alpha value is -1.48. The summed E-state index contributed by atoms with van der Waals surface area (Å²) >= 11 is 5.72. The second kappa shape index (κ2) is 5.73. The van der Waals surface area contributed by atoms with Crippen LogP contribution < -0.4 is 5.32 Å². The Kier molecular flexibility index (Phi) is 4.04. The molecule has 0 radical (unpaired) electrons. The van der Waals surface area contributed by atoms with Gasteiger partial charge in [-0.2, -0.15) is 0 Å². The number of nitrogens with zero attached hydrogens (tertiary/aromatic N) is 2. The average molecular weight is 250 g/mol. The molecule has 0 saturated heterocycles. The molecular weight excluding hydrogens is 234 g/mol. The van der Waals surface area contributed by atoms with Gasteiger partial charge in [-0.05, 0) is 30.2 Å². The van der Waals surface area contributed by atoms with Gasteiger partial charge in [-0.25, -0.2) is 4.98 Å². The highest BCUT2D eigenvalue weighted by atomic mass is 35.5. The maximum absolute atomic E-state index is 5.72. The fourth-order valence-corrected chi connectivity index (χ4v) is 1.79. The molecule has 2 aromatic heterocycles. The maximum atomic E-state index is 5.72. The van der Waals surface area contributed by atoms with Gasteiger partial charge in [0.05, 0.1) is 11.9 Å². The third kappa shape index (κ3) is 3.49. The van der Waals surface area contributed by atoms with Gasteiger partial charge in [-0.3, -0.25) is 0 Å². The molecule has 3 nitrogen and oxygen atoms in total.